The lowest BCUT2D eigenvalue weighted by molar-refractivity contribution is -0.126. The van der Waals surface area contributed by atoms with Gasteiger partial charge in [-0.3, -0.25) is 4.79 Å². The van der Waals surface area contributed by atoms with E-state index < -0.39 is 0 Å². The first-order valence-corrected chi connectivity index (χ1v) is 6.67. The van der Waals surface area contributed by atoms with Gasteiger partial charge in [0.25, 0.3) is 0 Å². The predicted molar refractivity (Wildman–Crippen MR) is 68.1 cm³/mol. The molecule has 16 heavy (non-hydrogen) atoms. The molecule has 2 aliphatic carbocycles. The molecule has 1 amide bonds. The highest BCUT2D eigenvalue weighted by molar-refractivity contribution is 7.80. The van der Waals surface area contributed by atoms with Crippen LogP contribution in [-0.4, -0.2) is 16.4 Å². The predicted octanol–water partition coefficient (Wildman–Crippen LogP) is 1.89. The summed E-state index contributed by atoms with van der Waals surface area (Å²) < 4.78 is 0. The normalized spacial score (nSPS) is 24.5. The first-order chi connectivity index (χ1) is 7.64. The van der Waals surface area contributed by atoms with Crippen molar-refractivity contribution in [3.8, 4) is 0 Å². The number of thiocarbonyl (C=S) groups is 1. The summed E-state index contributed by atoms with van der Waals surface area (Å²) in [5.74, 6) is 0.374. The van der Waals surface area contributed by atoms with E-state index in [0.29, 0.717) is 4.99 Å². The molecule has 0 aromatic heterocycles. The van der Waals surface area contributed by atoms with Crippen LogP contribution >= 0.6 is 12.2 Å². The highest BCUT2D eigenvalue weighted by atomic mass is 32.1. The number of nitrogens with one attached hydrogen (secondary N) is 1. The second-order valence-electron chi connectivity index (χ2n) is 5.12. The highest BCUT2D eigenvalue weighted by Crippen LogP contribution is 2.32. The zero-order valence-corrected chi connectivity index (χ0v) is 10.4. The SMILES string of the molecule is NC(=S)C1(NC(=O)C2CCCC2)CCCC1. The zero-order valence-electron chi connectivity index (χ0n) is 9.63. The molecule has 2 rings (SSSR count). The van der Waals surface area contributed by atoms with Crippen molar-refractivity contribution >= 4 is 23.1 Å². The molecule has 0 unspecified atom stereocenters. The number of carbonyl (C=O) groups excluding carboxylic acids is 1. The maximum atomic E-state index is 12.1. The molecule has 2 aliphatic rings. The van der Waals surface area contributed by atoms with Gasteiger partial charge in [0.05, 0.1) is 10.5 Å². The van der Waals surface area contributed by atoms with Crippen LogP contribution in [0.3, 0.4) is 0 Å². The van der Waals surface area contributed by atoms with Crippen molar-refractivity contribution in [2.24, 2.45) is 11.7 Å². The third-order valence-electron chi connectivity index (χ3n) is 4.02. The molecule has 4 heteroatoms. The third kappa shape index (κ3) is 2.21. The molecule has 0 radical (unpaired) electrons. The Morgan fingerprint density at radius 2 is 1.75 bits per heavy atom. The molecule has 3 nitrogen and oxygen atoms in total. The summed E-state index contributed by atoms with van der Waals surface area (Å²) in [4.78, 5) is 12.6. The standard InChI is InChI=1S/C12H20N2OS/c13-11(16)12(7-3-4-8-12)14-10(15)9-5-1-2-6-9/h9H,1-8H2,(H2,13,16)(H,14,15). The molecule has 0 saturated heterocycles. The van der Waals surface area contributed by atoms with E-state index in [0.717, 1.165) is 38.5 Å². The van der Waals surface area contributed by atoms with E-state index in [4.69, 9.17) is 18.0 Å². The fourth-order valence-electron chi connectivity index (χ4n) is 2.94. The quantitative estimate of drug-likeness (QED) is 0.741. The maximum Gasteiger partial charge on any atom is 0.223 e. The largest absolute Gasteiger partial charge is 0.391 e. The minimum Gasteiger partial charge on any atom is -0.391 e. The summed E-state index contributed by atoms with van der Waals surface area (Å²) in [7, 11) is 0. The van der Waals surface area contributed by atoms with Crippen LogP contribution in [0.5, 0.6) is 0 Å². The Labute approximate surface area is 102 Å². The summed E-state index contributed by atoms with van der Waals surface area (Å²) in [6.07, 6.45) is 8.47. The van der Waals surface area contributed by atoms with Crippen LogP contribution in [0.4, 0.5) is 0 Å². The lowest BCUT2D eigenvalue weighted by atomic mass is 9.95. The molecule has 3 N–H and O–H groups in total. The minimum absolute atomic E-state index is 0.173. The highest BCUT2D eigenvalue weighted by Gasteiger charge is 2.39. The van der Waals surface area contributed by atoms with E-state index >= 15 is 0 Å². The molecule has 0 aromatic rings. The first kappa shape index (κ1) is 11.8. The van der Waals surface area contributed by atoms with Crippen molar-refractivity contribution < 1.29 is 4.79 Å². The van der Waals surface area contributed by atoms with Gasteiger partial charge in [0.2, 0.25) is 5.91 Å². The van der Waals surface area contributed by atoms with Gasteiger partial charge in [-0.15, -0.1) is 0 Å². The van der Waals surface area contributed by atoms with Gasteiger partial charge in [0.1, 0.15) is 0 Å². The molecule has 0 bridgehead atoms. The lowest BCUT2D eigenvalue weighted by Crippen LogP contribution is -2.56. The van der Waals surface area contributed by atoms with E-state index in [1.807, 2.05) is 0 Å². The number of hydrogen-bond acceptors (Lipinski definition) is 2. The molecule has 0 aliphatic heterocycles. The lowest BCUT2D eigenvalue weighted by Gasteiger charge is -2.30. The van der Waals surface area contributed by atoms with Crippen molar-refractivity contribution in [2.75, 3.05) is 0 Å². The molecule has 0 atom stereocenters. The van der Waals surface area contributed by atoms with E-state index in [9.17, 15) is 4.79 Å². The zero-order chi connectivity index (χ0) is 11.6. The molecule has 2 fully saturated rings. The van der Waals surface area contributed by atoms with Crippen LogP contribution < -0.4 is 11.1 Å². The van der Waals surface area contributed by atoms with E-state index in [2.05, 4.69) is 5.32 Å². The fourth-order valence-corrected chi connectivity index (χ4v) is 3.19. The molecule has 0 spiro atoms. The van der Waals surface area contributed by atoms with Crippen LogP contribution in [0.1, 0.15) is 51.4 Å². The van der Waals surface area contributed by atoms with Gasteiger partial charge in [-0.05, 0) is 25.7 Å². The number of hydrogen-bond donors (Lipinski definition) is 2. The van der Waals surface area contributed by atoms with Crippen molar-refractivity contribution in [1.82, 2.24) is 5.32 Å². The second kappa shape index (κ2) is 4.70. The summed E-state index contributed by atoms with van der Waals surface area (Å²) in [5.41, 5.74) is 5.43. The van der Waals surface area contributed by atoms with Crippen LogP contribution in [0.15, 0.2) is 0 Å². The molecular weight excluding hydrogens is 220 g/mol. The monoisotopic (exact) mass is 240 g/mol. The van der Waals surface area contributed by atoms with Crippen LogP contribution in [0, 0.1) is 5.92 Å². The summed E-state index contributed by atoms with van der Waals surface area (Å²) in [6.45, 7) is 0. The molecule has 90 valence electrons. The molecule has 0 heterocycles. The van der Waals surface area contributed by atoms with Gasteiger partial charge in [-0.1, -0.05) is 37.9 Å². The average molecular weight is 240 g/mol. The van der Waals surface area contributed by atoms with Crippen LogP contribution in [0.2, 0.25) is 0 Å². The summed E-state index contributed by atoms with van der Waals surface area (Å²) in [6, 6.07) is 0. The maximum absolute atomic E-state index is 12.1. The first-order valence-electron chi connectivity index (χ1n) is 6.26. The van der Waals surface area contributed by atoms with Crippen molar-refractivity contribution in [3.05, 3.63) is 0 Å². The van der Waals surface area contributed by atoms with Gasteiger partial charge in [0.15, 0.2) is 0 Å². The number of carbonyl (C=O) groups is 1. The van der Waals surface area contributed by atoms with Gasteiger partial charge in [-0.25, -0.2) is 0 Å². The Hall–Kier alpha value is -0.640. The third-order valence-corrected chi connectivity index (χ3v) is 4.41. The van der Waals surface area contributed by atoms with Crippen molar-refractivity contribution in [2.45, 2.75) is 56.9 Å². The minimum atomic E-state index is -0.366. The van der Waals surface area contributed by atoms with E-state index in [-0.39, 0.29) is 17.4 Å². The fraction of sp³-hybridized carbons (Fsp3) is 0.833. The summed E-state index contributed by atoms with van der Waals surface area (Å²) in [5, 5.41) is 3.13. The summed E-state index contributed by atoms with van der Waals surface area (Å²) >= 11 is 5.12. The Morgan fingerprint density at radius 1 is 1.19 bits per heavy atom. The second-order valence-corrected chi connectivity index (χ2v) is 5.56. The number of nitrogens with two attached hydrogens (primary N) is 1. The molecular formula is C12H20N2OS. The smallest absolute Gasteiger partial charge is 0.223 e. The van der Waals surface area contributed by atoms with Crippen molar-refractivity contribution in [1.29, 1.82) is 0 Å². The Balaban J connectivity index is 2.00. The Kier molecular flexibility index (Phi) is 3.47. The van der Waals surface area contributed by atoms with E-state index in [1.165, 1.54) is 12.8 Å². The molecule has 2 saturated carbocycles. The Bertz CT molecular complexity index is 291. The Morgan fingerprint density at radius 3 is 2.25 bits per heavy atom. The van der Waals surface area contributed by atoms with Gasteiger partial charge in [0, 0.05) is 5.92 Å². The number of rotatable bonds is 3. The number of amides is 1. The van der Waals surface area contributed by atoms with Crippen molar-refractivity contribution in [3.63, 3.8) is 0 Å². The van der Waals surface area contributed by atoms with Gasteiger partial charge >= 0.3 is 0 Å². The van der Waals surface area contributed by atoms with Crippen LogP contribution in [0.25, 0.3) is 0 Å². The van der Waals surface area contributed by atoms with Gasteiger partial charge in [-0.2, -0.15) is 0 Å². The molecule has 0 aromatic carbocycles. The van der Waals surface area contributed by atoms with Gasteiger partial charge < -0.3 is 11.1 Å². The van der Waals surface area contributed by atoms with Crippen LogP contribution in [-0.2, 0) is 4.79 Å². The average Bonchev–Trinajstić information content (AvgIpc) is 2.88. The van der Waals surface area contributed by atoms with E-state index in [1.54, 1.807) is 0 Å². The topological polar surface area (TPSA) is 55.1 Å².